The molecule has 21 heavy (non-hydrogen) atoms. The van der Waals surface area contributed by atoms with Gasteiger partial charge in [-0.1, -0.05) is 6.07 Å². The summed E-state index contributed by atoms with van der Waals surface area (Å²) in [5.74, 6) is 0.0378. The molecule has 1 aromatic carbocycles. The fourth-order valence-electron chi connectivity index (χ4n) is 2.17. The first-order valence-corrected chi connectivity index (χ1v) is 6.92. The van der Waals surface area contributed by atoms with Gasteiger partial charge in [0.1, 0.15) is 6.54 Å². The van der Waals surface area contributed by atoms with E-state index in [1.165, 1.54) is 0 Å². The molecule has 0 fully saturated rings. The highest BCUT2D eigenvalue weighted by Gasteiger charge is 2.25. The van der Waals surface area contributed by atoms with E-state index in [0.717, 1.165) is 17.7 Å². The van der Waals surface area contributed by atoms with E-state index in [1.807, 2.05) is 19.1 Å². The zero-order valence-electron chi connectivity index (χ0n) is 12.3. The van der Waals surface area contributed by atoms with E-state index in [9.17, 15) is 9.59 Å². The molecule has 0 aromatic heterocycles. The maximum atomic E-state index is 11.9. The highest BCUT2D eigenvalue weighted by atomic mass is 16.5. The first-order chi connectivity index (χ1) is 10.1. The summed E-state index contributed by atoms with van der Waals surface area (Å²) in [7, 11) is 1.63. The van der Waals surface area contributed by atoms with Crippen molar-refractivity contribution in [2.45, 2.75) is 13.3 Å². The molecule has 1 amide bonds. The Labute approximate surface area is 124 Å². The van der Waals surface area contributed by atoms with Gasteiger partial charge >= 0.3 is 5.97 Å². The van der Waals surface area contributed by atoms with Crippen LogP contribution in [0.3, 0.4) is 0 Å². The monoisotopic (exact) mass is 292 g/mol. The zero-order valence-corrected chi connectivity index (χ0v) is 12.3. The molecule has 1 aliphatic heterocycles. The maximum absolute atomic E-state index is 11.9. The molecule has 1 heterocycles. The summed E-state index contributed by atoms with van der Waals surface area (Å²) in [4.78, 5) is 25.3. The van der Waals surface area contributed by atoms with Crippen molar-refractivity contribution in [1.29, 1.82) is 0 Å². The summed E-state index contributed by atoms with van der Waals surface area (Å²) in [6.07, 6.45) is 0.764. The van der Waals surface area contributed by atoms with Gasteiger partial charge in [0.05, 0.1) is 12.2 Å². The van der Waals surface area contributed by atoms with Gasteiger partial charge in [0.15, 0.2) is 5.75 Å². The summed E-state index contributed by atoms with van der Waals surface area (Å²) in [5.41, 5.74) is 1.83. The number of methoxy groups -OCH3 is 1. The Bertz CT molecular complexity index is 530. The molecule has 1 aliphatic rings. The van der Waals surface area contributed by atoms with Crippen molar-refractivity contribution >= 4 is 17.6 Å². The van der Waals surface area contributed by atoms with Gasteiger partial charge in [0.2, 0.25) is 5.91 Å². The van der Waals surface area contributed by atoms with Gasteiger partial charge in [-0.05, 0) is 31.0 Å². The lowest BCUT2D eigenvalue weighted by Gasteiger charge is -2.29. The molecule has 0 radical (unpaired) electrons. The molecule has 1 N–H and O–H groups in total. The summed E-state index contributed by atoms with van der Waals surface area (Å²) >= 11 is 0. The number of rotatable bonds is 6. The topological polar surface area (TPSA) is 67.9 Å². The van der Waals surface area contributed by atoms with Crippen molar-refractivity contribution < 1.29 is 19.1 Å². The molecule has 6 nitrogen and oxygen atoms in total. The summed E-state index contributed by atoms with van der Waals surface area (Å²) < 4.78 is 10.1. The average molecular weight is 292 g/mol. The lowest BCUT2D eigenvalue weighted by Crippen LogP contribution is -2.43. The normalized spacial score (nSPS) is 13.6. The van der Waals surface area contributed by atoms with E-state index in [0.29, 0.717) is 18.9 Å². The molecule has 114 valence electrons. The van der Waals surface area contributed by atoms with Crippen molar-refractivity contribution in [2.24, 2.45) is 0 Å². The summed E-state index contributed by atoms with van der Waals surface area (Å²) in [6, 6.07) is 5.55. The Morgan fingerprint density at radius 1 is 1.48 bits per heavy atom. The average Bonchev–Trinajstić information content (AvgIpc) is 2.44. The van der Waals surface area contributed by atoms with E-state index in [2.05, 4.69) is 5.32 Å². The van der Waals surface area contributed by atoms with Crippen LogP contribution >= 0.6 is 0 Å². The van der Waals surface area contributed by atoms with Crippen LogP contribution in [0.5, 0.6) is 5.75 Å². The first-order valence-electron chi connectivity index (χ1n) is 6.92. The number of hydrogen-bond donors (Lipinski definition) is 1. The highest BCUT2D eigenvalue weighted by molar-refractivity contribution is 5.89. The third-order valence-electron chi connectivity index (χ3n) is 3.18. The predicted molar refractivity (Wildman–Crippen MR) is 78.5 cm³/mol. The van der Waals surface area contributed by atoms with Gasteiger partial charge < -0.3 is 19.7 Å². The van der Waals surface area contributed by atoms with E-state index in [1.54, 1.807) is 18.1 Å². The molecule has 0 saturated heterocycles. The molecule has 0 aliphatic carbocycles. The van der Waals surface area contributed by atoms with Crippen molar-refractivity contribution in [1.82, 2.24) is 5.32 Å². The van der Waals surface area contributed by atoms with E-state index < -0.39 is 0 Å². The van der Waals surface area contributed by atoms with Crippen molar-refractivity contribution in [3.8, 4) is 5.75 Å². The minimum Gasteiger partial charge on any atom is -0.423 e. The Morgan fingerprint density at radius 3 is 3.05 bits per heavy atom. The third-order valence-corrected chi connectivity index (χ3v) is 3.18. The van der Waals surface area contributed by atoms with Crippen LogP contribution in [0.4, 0.5) is 5.69 Å². The molecule has 6 heteroatoms. The van der Waals surface area contributed by atoms with E-state index >= 15 is 0 Å². The standard InChI is InChI=1S/C15H20N2O4/c1-11-4-5-13-12(8-11)17(10-15(19)21-13)9-14(18)16-6-3-7-20-2/h4-5,8H,3,6-7,9-10H2,1-2H3,(H,16,18). The van der Waals surface area contributed by atoms with Crippen molar-refractivity contribution in [2.75, 3.05) is 38.3 Å². The minimum absolute atomic E-state index is 0.0853. The molecular weight excluding hydrogens is 272 g/mol. The highest BCUT2D eigenvalue weighted by Crippen LogP contribution is 2.32. The Morgan fingerprint density at radius 2 is 2.29 bits per heavy atom. The Hall–Kier alpha value is -2.08. The van der Waals surface area contributed by atoms with Crippen LogP contribution in [0.15, 0.2) is 18.2 Å². The van der Waals surface area contributed by atoms with Crippen LogP contribution in [0.25, 0.3) is 0 Å². The first kappa shape index (κ1) is 15.3. The SMILES string of the molecule is COCCCNC(=O)CN1CC(=O)Oc2ccc(C)cc21. The number of nitrogens with zero attached hydrogens (tertiary/aromatic N) is 1. The summed E-state index contributed by atoms with van der Waals surface area (Å²) in [6.45, 7) is 3.35. The lowest BCUT2D eigenvalue weighted by molar-refractivity contribution is -0.133. The second kappa shape index (κ2) is 7.08. The number of esters is 1. The van der Waals surface area contributed by atoms with Gasteiger partial charge in [0.25, 0.3) is 0 Å². The van der Waals surface area contributed by atoms with Crippen molar-refractivity contribution in [3.05, 3.63) is 23.8 Å². The van der Waals surface area contributed by atoms with Gasteiger partial charge in [0, 0.05) is 20.3 Å². The number of benzene rings is 1. The van der Waals surface area contributed by atoms with Gasteiger partial charge in [-0.25, -0.2) is 4.79 Å². The van der Waals surface area contributed by atoms with Gasteiger partial charge in [-0.3, -0.25) is 4.79 Å². The molecule has 0 unspecified atom stereocenters. The number of anilines is 1. The predicted octanol–water partition coefficient (Wildman–Crippen LogP) is 0.873. The van der Waals surface area contributed by atoms with Crippen LogP contribution in [0.2, 0.25) is 0 Å². The van der Waals surface area contributed by atoms with E-state index in [4.69, 9.17) is 9.47 Å². The maximum Gasteiger partial charge on any atom is 0.331 e. The second-order valence-electron chi connectivity index (χ2n) is 5.00. The Balaban J connectivity index is 1.98. The molecule has 1 aromatic rings. The largest absolute Gasteiger partial charge is 0.423 e. The number of carbonyl (C=O) groups is 2. The number of hydrogen-bond acceptors (Lipinski definition) is 5. The van der Waals surface area contributed by atoms with Crippen LogP contribution in [-0.4, -0.2) is 45.2 Å². The summed E-state index contributed by atoms with van der Waals surface area (Å²) in [5, 5.41) is 2.81. The molecule has 0 bridgehead atoms. The van der Waals surface area contributed by atoms with Crippen LogP contribution < -0.4 is 15.0 Å². The number of aryl methyl sites for hydroxylation is 1. The number of fused-ring (bicyclic) bond motifs is 1. The quantitative estimate of drug-likeness (QED) is 0.479. The van der Waals surface area contributed by atoms with Crippen LogP contribution in [0.1, 0.15) is 12.0 Å². The molecule has 0 saturated carbocycles. The zero-order chi connectivity index (χ0) is 15.2. The fourth-order valence-corrected chi connectivity index (χ4v) is 2.17. The van der Waals surface area contributed by atoms with Gasteiger partial charge in [-0.15, -0.1) is 0 Å². The van der Waals surface area contributed by atoms with Crippen LogP contribution in [-0.2, 0) is 14.3 Å². The molecular formula is C15H20N2O4. The molecule has 2 rings (SSSR count). The molecule has 0 spiro atoms. The van der Waals surface area contributed by atoms with E-state index in [-0.39, 0.29) is 25.0 Å². The lowest BCUT2D eigenvalue weighted by atomic mass is 10.1. The second-order valence-corrected chi connectivity index (χ2v) is 5.00. The number of ether oxygens (including phenoxy) is 2. The third kappa shape index (κ3) is 4.19. The molecule has 0 atom stereocenters. The van der Waals surface area contributed by atoms with Crippen molar-refractivity contribution in [3.63, 3.8) is 0 Å². The smallest absolute Gasteiger partial charge is 0.331 e. The number of carbonyl (C=O) groups excluding carboxylic acids is 2. The number of nitrogens with one attached hydrogen (secondary N) is 1. The fraction of sp³-hybridized carbons (Fsp3) is 0.467. The minimum atomic E-state index is -0.349. The number of amides is 1. The van der Waals surface area contributed by atoms with Gasteiger partial charge in [-0.2, -0.15) is 0 Å². The van der Waals surface area contributed by atoms with Crippen LogP contribution in [0, 0.1) is 6.92 Å². The Kier molecular flexibility index (Phi) is 5.16.